The maximum absolute atomic E-state index is 14.1. The summed E-state index contributed by atoms with van der Waals surface area (Å²) in [6.45, 7) is 2.06. The highest BCUT2D eigenvalue weighted by Crippen LogP contribution is 2.37. The minimum Gasteiger partial charge on any atom is -0.493 e. The first-order chi connectivity index (χ1) is 14.1. The number of thioether (sulfide) groups is 1. The van der Waals surface area contributed by atoms with Crippen molar-refractivity contribution < 1.29 is 32.0 Å². The average molecular weight is 450 g/mol. The lowest BCUT2D eigenvalue weighted by Crippen LogP contribution is -2.10. The molecule has 0 unspecified atom stereocenters. The number of nitro benzene ring substituents is 1. The van der Waals surface area contributed by atoms with Crippen LogP contribution < -0.4 is 14.8 Å². The van der Waals surface area contributed by atoms with Crippen molar-refractivity contribution in [3.8, 4) is 11.5 Å². The van der Waals surface area contributed by atoms with Gasteiger partial charge in [0, 0.05) is 12.6 Å². The Balaban J connectivity index is 0.00000141. The zero-order chi connectivity index (χ0) is 22.9. The van der Waals surface area contributed by atoms with Gasteiger partial charge >= 0.3 is 6.18 Å². The highest BCUT2D eigenvalue weighted by Gasteiger charge is 2.35. The Labute approximate surface area is 175 Å². The molecule has 0 fully saturated rings. The van der Waals surface area contributed by atoms with Crippen LogP contribution in [-0.2, 0) is 12.7 Å². The lowest BCUT2D eigenvalue weighted by atomic mass is 10.1. The largest absolute Gasteiger partial charge is 0.493 e. The number of nitro groups is 1. The maximum Gasteiger partial charge on any atom is 0.416 e. The van der Waals surface area contributed by atoms with E-state index in [-0.39, 0.29) is 12.6 Å². The van der Waals surface area contributed by atoms with E-state index in [1.54, 1.807) is 36.9 Å². The molecule has 0 atom stereocenters. The number of nitrogens with one attached hydrogen (secondary N) is 1. The van der Waals surface area contributed by atoms with E-state index < -0.39 is 33.9 Å². The Kier molecular flexibility index (Phi) is 9.70. The van der Waals surface area contributed by atoms with Gasteiger partial charge < -0.3 is 14.8 Å². The fraction of sp³-hybridized carbons (Fsp3) is 0.368. The number of methoxy groups -OCH3 is 1. The SMILES string of the molecule is CCOc1cc(CNc2c(F)cc(C(F)(F)F)cc2[N+](=O)[O-])ccc1OC.CSC. The molecular formula is C19H22F4N2O4S. The third-order valence-electron chi connectivity index (χ3n) is 3.59. The van der Waals surface area contributed by atoms with Gasteiger partial charge in [0.25, 0.3) is 5.69 Å². The molecule has 0 amide bonds. The van der Waals surface area contributed by atoms with Crippen molar-refractivity contribution in [3.63, 3.8) is 0 Å². The van der Waals surface area contributed by atoms with Gasteiger partial charge in [0.05, 0.1) is 24.2 Å². The number of rotatable bonds is 7. The lowest BCUT2D eigenvalue weighted by Gasteiger charge is -2.14. The highest BCUT2D eigenvalue weighted by atomic mass is 32.2. The molecule has 1 N–H and O–H groups in total. The third kappa shape index (κ3) is 6.97. The van der Waals surface area contributed by atoms with Crippen molar-refractivity contribution in [2.24, 2.45) is 0 Å². The Hall–Kier alpha value is -2.69. The van der Waals surface area contributed by atoms with Gasteiger partial charge in [0.15, 0.2) is 17.3 Å². The van der Waals surface area contributed by atoms with E-state index in [1.165, 1.54) is 7.11 Å². The predicted molar refractivity (Wildman–Crippen MR) is 109 cm³/mol. The van der Waals surface area contributed by atoms with Gasteiger partial charge in [-0.3, -0.25) is 10.1 Å². The van der Waals surface area contributed by atoms with Crippen molar-refractivity contribution in [2.75, 3.05) is 31.5 Å². The average Bonchev–Trinajstić information content (AvgIpc) is 2.66. The number of anilines is 1. The maximum atomic E-state index is 14.1. The molecule has 6 nitrogen and oxygen atoms in total. The van der Waals surface area contributed by atoms with Crippen LogP contribution in [0.25, 0.3) is 0 Å². The summed E-state index contributed by atoms with van der Waals surface area (Å²) in [4.78, 5) is 10.0. The van der Waals surface area contributed by atoms with Crippen molar-refractivity contribution >= 4 is 23.1 Å². The summed E-state index contributed by atoms with van der Waals surface area (Å²) in [5.74, 6) is -0.482. The predicted octanol–water partition coefficient (Wildman–Crippen LogP) is 5.75. The molecule has 0 aliphatic carbocycles. The van der Waals surface area contributed by atoms with E-state index in [0.717, 1.165) is 0 Å². The summed E-state index contributed by atoms with van der Waals surface area (Å²) in [6, 6.07) is 5.31. The number of benzene rings is 2. The monoisotopic (exact) mass is 450 g/mol. The summed E-state index contributed by atoms with van der Waals surface area (Å²) in [7, 11) is 1.46. The topological polar surface area (TPSA) is 73.6 Å². The van der Waals surface area contributed by atoms with Crippen LogP contribution in [0.4, 0.5) is 28.9 Å². The quantitative estimate of drug-likeness (QED) is 0.329. The van der Waals surface area contributed by atoms with Crippen molar-refractivity contribution in [2.45, 2.75) is 19.6 Å². The Morgan fingerprint density at radius 3 is 2.30 bits per heavy atom. The summed E-state index contributed by atoms with van der Waals surface area (Å²) in [6.07, 6.45) is -0.813. The van der Waals surface area contributed by atoms with Crippen molar-refractivity contribution in [1.29, 1.82) is 0 Å². The van der Waals surface area contributed by atoms with Gasteiger partial charge in [0.1, 0.15) is 5.69 Å². The van der Waals surface area contributed by atoms with Gasteiger partial charge in [0.2, 0.25) is 0 Å². The van der Waals surface area contributed by atoms with E-state index in [2.05, 4.69) is 5.32 Å². The van der Waals surface area contributed by atoms with Gasteiger partial charge in [-0.25, -0.2) is 4.39 Å². The standard InChI is InChI=1S/C17H16F4N2O4.C2H6S/c1-3-27-15-6-10(4-5-14(15)26-2)9-22-16-12(18)7-11(17(19,20)21)8-13(16)23(24)25;1-3-2/h4-8,22H,3,9H2,1-2H3;1-2H3. The number of alkyl halides is 3. The minimum absolute atomic E-state index is 0.0762. The summed E-state index contributed by atoms with van der Waals surface area (Å²) < 4.78 is 62.9. The Morgan fingerprint density at radius 1 is 1.17 bits per heavy atom. The van der Waals surface area contributed by atoms with Crippen LogP contribution in [0.2, 0.25) is 0 Å². The fourth-order valence-electron chi connectivity index (χ4n) is 2.36. The molecular weight excluding hydrogens is 428 g/mol. The molecule has 2 aromatic rings. The van der Waals surface area contributed by atoms with Crippen LogP contribution in [0.5, 0.6) is 11.5 Å². The second kappa shape index (κ2) is 11.5. The summed E-state index contributed by atoms with van der Waals surface area (Å²) >= 11 is 1.75. The second-order valence-corrected chi connectivity index (χ2v) is 6.60. The van der Waals surface area contributed by atoms with E-state index >= 15 is 0 Å². The number of hydrogen-bond donors (Lipinski definition) is 1. The lowest BCUT2D eigenvalue weighted by molar-refractivity contribution is -0.384. The van der Waals surface area contributed by atoms with Gasteiger partial charge in [-0.1, -0.05) is 6.07 Å². The zero-order valence-electron chi connectivity index (χ0n) is 16.8. The molecule has 0 spiro atoms. The summed E-state index contributed by atoms with van der Waals surface area (Å²) in [5.41, 5.74) is -2.49. The molecule has 0 bridgehead atoms. The smallest absolute Gasteiger partial charge is 0.416 e. The van der Waals surface area contributed by atoms with E-state index in [1.807, 2.05) is 12.5 Å². The fourth-order valence-corrected chi connectivity index (χ4v) is 2.36. The van der Waals surface area contributed by atoms with Crippen LogP contribution in [0, 0.1) is 15.9 Å². The molecule has 166 valence electrons. The van der Waals surface area contributed by atoms with Crippen LogP contribution in [-0.4, -0.2) is 31.2 Å². The molecule has 30 heavy (non-hydrogen) atoms. The first-order valence-corrected chi connectivity index (χ1v) is 10.2. The minimum atomic E-state index is -4.90. The molecule has 0 aliphatic heterocycles. The molecule has 2 rings (SSSR count). The second-order valence-electron chi connectivity index (χ2n) is 5.79. The highest BCUT2D eigenvalue weighted by molar-refractivity contribution is 7.97. The van der Waals surface area contributed by atoms with E-state index in [0.29, 0.717) is 29.7 Å². The van der Waals surface area contributed by atoms with Crippen molar-refractivity contribution in [3.05, 3.63) is 57.4 Å². The molecule has 0 aliphatic rings. The molecule has 0 saturated carbocycles. The van der Waals surface area contributed by atoms with Crippen LogP contribution >= 0.6 is 11.8 Å². The Morgan fingerprint density at radius 2 is 1.80 bits per heavy atom. The molecule has 2 aromatic carbocycles. The van der Waals surface area contributed by atoms with Gasteiger partial charge in [-0.05, 0) is 43.2 Å². The van der Waals surface area contributed by atoms with Crippen LogP contribution in [0.3, 0.4) is 0 Å². The van der Waals surface area contributed by atoms with Crippen LogP contribution in [0.1, 0.15) is 18.1 Å². The van der Waals surface area contributed by atoms with Gasteiger partial charge in [-0.2, -0.15) is 24.9 Å². The van der Waals surface area contributed by atoms with Crippen LogP contribution in [0.15, 0.2) is 30.3 Å². The number of ether oxygens (including phenoxy) is 2. The number of halogens is 4. The van der Waals surface area contributed by atoms with Crippen molar-refractivity contribution in [1.82, 2.24) is 0 Å². The normalized spacial score (nSPS) is 10.7. The van der Waals surface area contributed by atoms with E-state index in [4.69, 9.17) is 9.47 Å². The first kappa shape index (κ1) is 25.3. The zero-order valence-corrected chi connectivity index (χ0v) is 17.6. The van der Waals surface area contributed by atoms with E-state index in [9.17, 15) is 27.7 Å². The number of hydrogen-bond acceptors (Lipinski definition) is 6. The molecule has 0 radical (unpaired) electrons. The molecule has 11 heteroatoms. The molecule has 0 heterocycles. The third-order valence-corrected chi connectivity index (χ3v) is 3.59. The Bertz CT molecular complexity index is 863. The number of nitrogens with zero attached hydrogens (tertiary/aromatic N) is 1. The molecule has 0 aromatic heterocycles. The first-order valence-electron chi connectivity index (χ1n) is 8.57. The van der Waals surface area contributed by atoms with Gasteiger partial charge in [-0.15, -0.1) is 0 Å². The summed E-state index contributed by atoms with van der Waals surface area (Å²) in [5, 5.41) is 13.6. The molecule has 0 saturated heterocycles.